The summed E-state index contributed by atoms with van der Waals surface area (Å²) in [6, 6.07) is 0. The van der Waals surface area contributed by atoms with Crippen LogP contribution in [0.15, 0.2) is 0 Å². The van der Waals surface area contributed by atoms with E-state index >= 15 is 0 Å². The summed E-state index contributed by atoms with van der Waals surface area (Å²) in [7, 11) is 0. The van der Waals surface area contributed by atoms with Gasteiger partial charge < -0.3 is 4.90 Å². The van der Waals surface area contributed by atoms with Crippen molar-refractivity contribution in [1.29, 1.82) is 0 Å². The van der Waals surface area contributed by atoms with E-state index in [1.165, 1.54) is 5.75 Å². The van der Waals surface area contributed by atoms with Crippen LogP contribution in [0.3, 0.4) is 0 Å². The van der Waals surface area contributed by atoms with Crippen LogP contribution in [0.1, 0.15) is 19.8 Å². The molecule has 0 radical (unpaired) electrons. The summed E-state index contributed by atoms with van der Waals surface area (Å²) in [4.78, 5) is 13.4. The van der Waals surface area contributed by atoms with E-state index in [0.29, 0.717) is 5.78 Å². The number of carbonyl (C=O) groups is 1. The van der Waals surface area contributed by atoms with Gasteiger partial charge in [0.05, 0.1) is 0 Å². The molecule has 0 aromatic carbocycles. The molecule has 1 aliphatic heterocycles. The molecule has 0 aromatic rings. The maximum atomic E-state index is 11.0. The molecule has 1 unspecified atom stereocenters. The van der Waals surface area contributed by atoms with Crippen LogP contribution >= 0.6 is 11.8 Å². The van der Waals surface area contributed by atoms with Gasteiger partial charge in [0, 0.05) is 32.5 Å². The fraction of sp³-hybridized carbons (Fsp3) is 0.900. The molecular formula is C10H19NOS. The summed E-state index contributed by atoms with van der Waals surface area (Å²) in [6.07, 6.45) is 3.69. The highest BCUT2D eigenvalue weighted by atomic mass is 32.2. The Morgan fingerprint density at radius 2 is 2.08 bits per heavy atom. The van der Waals surface area contributed by atoms with E-state index in [1.54, 1.807) is 0 Å². The lowest BCUT2D eigenvalue weighted by molar-refractivity contribution is -0.121. The Hall–Kier alpha value is -0.0200. The molecule has 1 fully saturated rings. The second-order valence-corrected chi connectivity index (χ2v) is 4.81. The summed E-state index contributed by atoms with van der Waals surface area (Å²) < 4.78 is 0. The SMILES string of the molecule is CSCC(C)CN1CCC(=O)CC1. The van der Waals surface area contributed by atoms with Gasteiger partial charge in [0.1, 0.15) is 5.78 Å². The molecule has 76 valence electrons. The maximum Gasteiger partial charge on any atom is 0.135 e. The molecule has 0 aliphatic carbocycles. The van der Waals surface area contributed by atoms with Crippen LogP contribution in [-0.4, -0.2) is 42.3 Å². The van der Waals surface area contributed by atoms with Crippen molar-refractivity contribution in [1.82, 2.24) is 4.90 Å². The minimum Gasteiger partial charge on any atom is -0.302 e. The van der Waals surface area contributed by atoms with Crippen molar-refractivity contribution in [2.75, 3.05) is 31.6 Å². The third-order valence-corrected chi connectivity index (χ3v) is 3.34. The van der Waals surface area contributed by atoms with E-state index in [2.05, 4.69) is 18.1 Å². The van der Waals surface area contributed by atoms with E-state index in [9.17, 15) is 4.79 Å². The minimum absolute atomic E-state index is 0.439. The number of Topliss-reactive ketones (excluding diaryl/α,β-unsaturated/α-hetero) is 1. The van der Waals surface area contributed by atoms with Gasteiger partial charge in [-0.3, -0.25) is 4.79 Å². The number of hydrogen-bond acceptors (Lipinski definition) is 3. The summed E-state index contributed by atoms with van der Waals surface area (Å²) in [6.45, 7) is 5.41. The van der Waals surface area contributed by atoms with Crippen LogP contribution in [0.4, 0.5) is 0 Å². The molecule has 13 heavy (non-hydrogen) atoms. The molecule has 0 aromatic heterocycles. The number of carbonyl (C=O) groups excluding carboxylic acids is 1. The number of nitrogens with zero attached hydrogens (tertiary/aromatic N) is 1. The van der Waals surface area contributed by atoms with Gasteiger partial charge in [0.15, 0.2) is 0 Å². The summed E-state index contributed by atoms with van der Waals surface area (Å²) in [5.41, 5.74) is 0. The Balaban J connectivity index is 2.18. The van der Waals surface area contributed by atoms with Gasteiger partial charge in [-0.15, -0.1) is 0 Å². The molecule has 0 saturated carbocycles. The topological polar surface area (TPSA) is 20.3 Å². The van der Waals surface area contributed by atoms with Crippen LogP contribution < -0.4 is 0 Å². The zero-order valence-electron chi connectivity index (χ0n) is 8.58. The van der Waals surface area contributed by atoms with Crippen LogP contribution in [0.5, 0.6) is 0 Å². The lowest BCUT2D eigenvalue weighted by Gasteiger charge is -2.28. The lowest BCUT2D eigenvalue weighted by Crippen LogP contribution is -2.37. The smallest absolute Gasteiger partial charge is 0.135 e. The van der Waals surface area contributed by atoms with Crippen molar-refractivity contribution in [3.8, 4) is 0 Å². The lowest BCUT2D eigenvalue weighted by atomic mass is 10.1. The van der Waals surface area contributed by atoms with Gasteiger partial charge in [-0.2, -0.15) is 11.8 Å². The molecule has 0 bridgehead atoms. The second-order valence-electron chi connectivity index (χ2n) is 3.90. The van der Waals surface area contributed by atoms with Crippen molar-refractivity contribution in [3.05, 3.63) is 0 Å². The number of ketones is 1. The number of rotatable bonds is 4. The van der Waals surface area contributed by atoms with E-state index in [-0.39, 0.29) is 0 Å². The quantitative estimate of drug-likeness (QED) is 0.690. The molecule has 3 heteroatoms. The van der Waals surface area contributed by atoms with Crippen LogP contribution in [0, 0.1) is 5.92 Å². The number of thioether (sulfide) groups is 1. The first-order valence-electron chi connectivity index (χ1n) is 4.95. The predicted molar refractivity (Wildman–Crippen MR) is 58.2 cm³/mol. The largest absolute Gasteiger partial charge is 0.302 e. The Morgan fingerprint density at radius 1 is 1.46 bits per heavy atom. The summed E-state index contributed by atoms with van der Waals surface area (Å²) in [5, 5.41) is 0. The standard InChI is InChI=1S/C10H19NOS/c1-9(8-13-2)7-11-5-3-10(12)4-6-11/h9H,3-8H2,1-2H3. The third-order valence-electron chi connectivity index (χ3n) is 2.43. The van der Waals surface area contributed by atoms with Gasteiger partial charge >= 0.3 is 0 Å². The van der Waals surface area contributed by atoms with Gasteiger partial charge in [0.25, 0.3) is 0 Å². The fourth-order valence-corrected chi connectivity index (χ4v) is 2.44. The summed E-state index contributed by atoms with van der Waals surface area (Å²) in [5.74, 6) is 2.42. The Kier molecular flexibility index (Phi) is 4.81. The highest BCUT2D eigenvalue weighted by molar-refractivity contribution is 7.98. The highest BCUT2D eigenvalue weighted by Gasteiger charge is 2.17. The van der Waals surface area contributed by atoms with Crippen molar-refractivity contribution in [2.24, 2.45) is 5.92 Å². The molecule has 1 rings (SSSR count). The molecule has 1 saturated heterocycles. The number of likely N-dealkylation sites (tertiary alicyclic amines) is 1. The minimum atomic E-state index is 0.439. The van der Waals surface area contributed by atoms with E-state index in [4.69, 9.17) is 0 Å². The van der Waals surface area contributed by atoms with Gasteiger partial charge in [0.2, 0.25) is 0 Å². The summed E-state index contributed by atoms with van der Waals surface area (Å²) >= 11 is 1.91. The van der Waals surface area contributed by atoms with E-state index in [0.717, 1.165) is 38.4 Å². The second kappa shape index (κ2) is 5.66. The predicted octanol–water partition coefficient (Wildman–Crippen LogP) is 1.65. The van der Waals surface area contributed by atoms with E-state index < -0.39 is 0 Å². The van der Waals surface area contributed by atoms with Crippen molar-refractivity contribution in [2.45, 2.75) is 19.8 Å². The molecule has 1 aliphatic rings. The molecule has 2 nitrogen and oxygen atoms in total. The Bertz CT molecular complexity index is 162. The van der Waals surface area contributed by atoms with Crippen LogP contribution in [0.25, 0.3) is 0 Å². The molecule has 0 N–H and O–H groups in total. The van der Waals surface area contributed by atoms with Gasteiger partial charge in [-0.05, 0) is 17.9 Å². The fourth-order valence-electron chi connectivity index (χ4n) is 1.76. The normalized spacial score (nSPS) is 21.8. The monoisotopic (exact) mass is 201 g/mol. The molecule has 0 spiro atoms. The van der Waals surface area contributed by atoms with Gasteiger partial charge in [-0.25, -0.2) is 0 Å². The average molecular weight is 201 g/mol. The molecule has 0 amide bonds. The Morgan fingerprint density at radius 3 is 2.62 bits per heavy atom. The van der Waals surface area contributed by atoms with Crippen molar-refractivity contribution >= 4 is 17.5 Å². The average Bonchev–Trinajstić information content (AvgIpc) is 2.09. The third kappa shape index (κ3) is 4.14. The van der Waals surface area contributed by atoms with Crippen LogP contribution in [-0.2, 0) is 4.79 Å². The van der Waals surface area contributed by atoms with Crippen LogP contribution in [0.2, 0.25) is 0 Å². The Labute approximate surface area is 85.1 Å². The van der Waals surface area contributed by atoms with Crippen molar-refractivity contribution in [3.63, 3.8) is 0 Å². The van der Waals surface area contributed by atoms with Crippen molar-refractivity contribution < 1.29 is 4.79 Å². The van der Waals surface area contributed by atoms with E-state index in [1.807, 2.05) is 11.8 Å². The zero-order valence-corrected chi connectivity index (χ0v) is 9.40. The molecule has 1 heterocycles. The van der Waals surface area contributed by atoms with Gasteiger partial charge in [-0.1, -0.05) is 6.92 Å². The number of piperidine rings is 1. The zero-order chi connectivity index (χ0) is 9.68. The maximum absolute atomic E-state index is 11.0. The first kappa shape index (κ1) is 11.1. The first-order valence-corrected chi connectivity index (χ1v) is 6.34. The number of hydrogen-bond donors (Lipinski definition) is 0. The molecular weight excluding hydrogens is 182 g/mol. The first-order chi connectivity index (χ1) is 6.22. The highest BCUT2D eigenvalue weighted by Crippen LogP contribution is 2.11. The molecule has 1 atom stereocenters.